The second kappa shape index (κ2) is 9.80. The monoisotopic (exact) mass is 652 g/mol. The van der Waals surface area contributed by atoms with E-state index in [0.29, 0.717) is 0 Å². The Morgan fingerprint density at radius 1 is 1.00 bits per heavy atom. The van der Waals surface area contributed by atoms with Crippen LogP contribution in [0.3, 0.4) is 0 Å². The van der Waals surface area contributed by atoms with Crippen molar-refractivity contribution in [3.05, 3.63) is 89.9 Å². The third-order valence-corrected chi connectivity index (χ3v) is 7.82. The molecule has 2 aromatic heterocycles. The van der Waals surface area contributed by atoms with Gasteiger partial charge in [-0.1, -0.05) is 42.0 Å². The maximum Gasteiger partial charge on any atom is 0.0877 e. The van der Waals surface area contributed by atoms with Gasteiger partial charge in [0.25, 0.3) is 0 Å². The summed E-state index contributed by atoms with van der Waals surface area (Å²) >= 11 is 0. The maximum absolute atomic E-state index is 6.15. The number of aryl methyl sites for hydroxylation is 1. The average Bonchev–Trinajstić information content (AvgIpc) is 3.60. The van der Waals surface area contributed by atoms with Gasteiger partial charge in [-0.05, 0) is 49.1 Å². The first-order valence-electron chi connectivity index (χ1n) is 12.4. The van der Waals surface area contributed by atoms with Crippen molar-refractivity contribution in [1.29, 1.82) is 0 Å². The fraction of sp³-hybridized carbons (Fsp3) is 0.290. The molecule has 5 aromatic rings. The molecule has 0 saturated heterocycles. The molecule has 1 fully saturated rings. The third kappa shape index (κ3) is 4.05. The van der Waals surface area contributed by atoms with E-state index in [4.69, 9.17) is 4.74 Å². The first-order valence-corrected chi connectivity index (χ1v) is 12.4. The number of pyridine rings is 1. The maximum atomic E-state index is 6.15. The molecule has 3 heterocycles. The quantitative estimate of drug-likeness (QED) is 0.146. The summed E-state index contributed by atoms with van der Waals surface area (Å²) in [7, 11) is 2.03. The van der Waals surface area contributed by atoms with Gasteiger partial charge in [0.2, 0.25) is 0 Å². The van der Waals surface area contributed by atoms with Crippen LogP contribution in [0.15, 0.2) is 60.8 Å². The molecule has 1 aliphatic carbocycles. The Morgan fingerprint density at radius 2 is 1.83 bits per heavy atom. The molecule has 1 radical (unpaired) electrons. The van der Waals surface area contributed by atoms with Crippen LogP contribution in [0, 0.1) is 26.0 Å². The fourth-order valence-electron chi connectivity index (χ4n) is 5.63. The van der Waals surface area contributed by atoms with Crippen molar-refractivity contribution in [1.82, 2.24) is 14.5 Å². The normalized spacial score (nSPS) is 15.3. The van der Waals surface area contributed by atoms with Crippen molar-refractivity contribution in [2.45, 2.75) is 44.9 Å². The zero-order chi connectivity index (χ0) is 24.0. The zero-order valence-electron chi connectivity index (χ0n) is 20.9. The molecule has 5 heteroatoms. The number of fused-ring (bicyclic) bond motifs is 6. The molecule has 0 bridgehead atoms. The Kier molecular flexibility index (Phi) is 6.72. The molecule has 185 valence electrons. The van der Waals surface area contributed by atoms with E-state index in [1.807, 2.05) is 50.5 Å². The number of rotatable bonds is 1. The van der Waals surface area contributed by atoms with Crippen LogP contribution in [0.2, 0.25) is 0 Å². The van der Waals surface area contributed by atoms with Crippen LogP contribution < -0.4 is 4.74 Å². The molecule has 2 aliphatic rings. The van der Waals surface area contributed by atoms with E-state index < -0.39 is 0 Å². The molecule has 0 unspecified atom stereocenters. The SMILES string of the molecule is Cc1nc(-c2[c-]cccc2)n(C)c1C.[Ir].[c-]1cc2c(c3ccc4cccnc4c13)OCC21CCCC1. The smallest absolute Gasteiger partial charge is 0.0877 e. The largest absolute Gasteiger partial charge is 0.512 e. The summed E-state index contributed by atoms with van der Waals surface area (Å²) < 4.78 is 8.25. The topological polar surface area (TPSA) is 39.9 Å². The predicted octanol–water partition coefficient (Wildman–Crippen LogP) is 6.89. The summed E-state index contributed by atoms with van der Waals surface area (Å²) in [5.41, 5.74) is 6.00. The van der Waals surface area contributed by atoms with Crippen LogP contribution in [0.4, 0.5) is 0 Å². The first-order chi connectivity index (χ1) is 17.1. The van der Waals surface area contributed by atoms with Crippen molar-refractivity contribution in [2.75, 3.05) is 6.61 Å². The van der Waals surface area contributed by atoms with Gasteiger partial charge >= 0.3 is 0 Å². The van der Waals surface area contributed by atoms with Crippen molar-refractivity contribution < 1.29 is 24.8 Å². The molecule has 3 aromatic carbocycles. The number of benzene rings is 3. The second-order valence-electron chi connectivity index (χ2n) is 9.81. The summed E-state index contributed by atoms with van der Waals surface area (Å²) in [6, 6.07) is 25.2. The molecule has 1 aliphatic heterocycles. The van der Waals surface area contributed by atoms with Crippen LogP contribution in [0.5, 0.6) is 5.75 Å². The fourth-order valence-corrected chi connectivity index (χ4v) is 5.63. The van der Waals surface area contributed by atoms with Crippen LogP contribution in [0.25, 0.3) is 33.1 Å². The summed E-state index contributed by atoms with van der Waals surface area (Å²) in [5.74, 6) is 2.07. The molecule has 4 nitrogen and oxygen atoms in total. The summed E-state index contributed by atoms with van der Waals surface area (Å²) in [4.78, 5) is 9.05. The van der Waals surface area contributed by atoms with Gasteiger partial charge in [-0.3, -0.25) is 4.98 Å². The van der Waals surface area contributed by atoms with E-state index in [-0.39, 0.29) is 25.5 Å². The Morgan fingerprint density at radius 3 is 2.56 bits per heavy atom. The molecular weight excluding hydrogens is 623 g/mol. The van der Waals surface area contributed by atoms with Gasteiger partial charge in [0.15, 0.2) is 0 Å². The zero-order valence-corrected chi connectivity index (χ0v) is 23.3. The molecule has 0 atom stereocenters. The molecule has 0 amide bonds. The van der Waals surface area contributed by atoms with Gasteiger partial charge in [-0.25, -0.2) is 0 Å². The Hall–Kier alpha value is -3.01. The van der Waals surface area contributed by atoms with Crippen LogP contribution >= 0.6 is 0 Å². The minimum absolute atomic E-state index is 0. The predicted molar refractivity (Wildman–Crippen MR) is 141 cm³/mol. The number of ether oxygens (including phenoxy) is 1. The third-order valence-electron chi connectivity index (χ3n) is 7.82. The number of hydrogen-bond acceptors (Lipinski definition) is 3. The summed E-state index contributed by atoms with van der Waals surface area (Å²) in [5, 5.41) is 3.42. The number of hydrogen-bond donors (Lipinski definition) is 0. The molecule has 0 N–H and O–H groups in total. The average molecular weight is 652 g/mol. The molecule has 7 rings (SSSR count). The molecule has 1 saturated carbocycles. The minimum atomic E-state index is 0. The number of imidazole rings is 1. The Balaban J connectivity index is 0.000000157. The van der Waals surface area contributed by atoms with Gasteiger partial charge in [0.1, 0.15) is 0 Å². The minimum Gasteiger partial charge on any atom is -0.512 e. The standard InChI is InChI=1S/C19H16NO.C12H13N2.Ir/c1-2-10-19(9-1)12-21-18-15-6-5-13-4-3-11-20-17(13)14(15)7-8-16(18)19;1-9-10(2)14(3)12(13-9)11-7-5-4-6-8-11;/h3-6,8,11H,1-2,9-10,12H2;4-7H,1-3H3;/q2*-1;. The van der Waals surface area contributed by atoms with Crippen molar-refractivity contribution >= 4 is 21.7 Å². The van der Waals surface area contributed by atoms with Gasteiger partial charge in [-0.15, -0.1) is 53.4 Å². The molecule has 36 heavy (non-hydrogen) atoms. The molecular formula is C31H29IrN3O-2. The van der Waals surface area contributed by atoms with Crippen LogP contribution in [-0.2, 0) is 32.6 Å². The number of nitrogens with zero attached hydrogens (tertiary/aromatic N) is 3. The van der Waals surface area contributed by atoms with E-state index in [0.717, 1.165) is 45.7 Å². The van der Waals surface area contributed by atoms with E-state index in [2.05, 4.69) is 57.9 Å². The van der Waals surface area contributed by atoms with E-state index in [9.17, 15) is 0 Å². The van der Waals surface area contributed by atoms with Gasteiger partial charge in [-0.2, -0.15) is 0 Å². The van der Waals surface area contributed by atoms with Crippen molar-refractivity contribution in [3.8, 4) is 17.1 Å². The van der Waals surface area contributed by atoms with E-state index in [1.54, 1.807) is 0 Å². The van der Waals surface area contributed by atoms with Crippen LogP contribution in [0.1, 0.15) is 42.6 Å². The van der Waals surface area contributed by atoms with Gasteiger partial charge in [0.05, 0.1) is 12.4 Å². The Labute approximate surface area is 226 Å². The second-order valence-corrected chi connectivity index (χ2v) is 9.81. The van der Waals surface area contributed by atoms with Crippen LogP contribution in [-0.4, -0.2) is 21.1 Å². The summed E-state index contributed by atoms with van der Waals surface area (Å²) in [6.07, 6.45) is 7.00. The van der Waals surface area contributed by atoms with Gasteiger partial charge < -0.3 is 14.3 Å². The summed E-state index contributed by atoms with van der Waals surface area (Å²) in [6.45, 7) is 4.95. The van der Waals surface area contributed by atoms with Crippen molar-refractivity contribution in [2.24, 2.45) is 7.05 Å². The molecule has 1 spiro atoms. The van der Waals surface area contributed by atoms with E-state index in [1.165, 1.54) is 42.3 Å². The Bertz CT molecular complexity index is 1530. The van der Waals surface area contributed by atoms with Crippen molar-refractivity contribution in [3.63, 3.8) is 0 Å². The van der Waals surface area contributed by atoms with Gasteiger partial charge in [0, 0.05) is 50.5 Å². The number of aromatic nitrogens is 3. The first kappa shape index (κ1) is 24.7. The van der Waals surface area contributed by atoms with E-state index >= 15 is 0 Å².